The zero-order chi connectivity index (χ0) is 34.7. The first-order chi connectivity index (χ1) is 23.5. The summed E-state index contributed by atoms with van der Waals surface area (Å²) in [7, 11) is 0. The fourth-order valence-corrected chi connectivity index (χ4v) is 8.78. The van der Waals surface area contributed by atoms with Crippen molar-refractivity contribution >= 4 is 23.4 Å². The fourth-order valence-electron chi connectivity index (χ4n) is 8.78. The van der Waals surface area contributed by atoms with E-state index in [9.17, 15) is 4.39 Å². The van der Waals surface area contributed by atoms with E-state index >= 15 is 0 Å². The number of rotatable bonds is 8. The van der Waals surface area contributed by atoms with E-state index in [2.05, 4.69) is 87.9 Å². The van der Waals surface area contributed by atoms with Crippen molar-refractivity contribution in [2.75, 3.05) is 26.2 Å². The quantitative estimate of drug-likeness (QED) is 0.287. The molecule has 0 bridgehead atoms. The summed E-state index contributed by atoms with van der Waals surface area (Å²) in [5.41, 5.74) is 8.61. The van der Waals surface area contributed by atoms with Crippen LogP contribution in [0.15, 0.2) is 40.4 Å². The Morgan fingerprint density at radius 2 is 1.96 bits per heavy atom. The number of fused-ring (bicyclic) bond motifs is 1. The normalized spacial score (nSPS) is 28.8. The van der Waals surface area contributed by atoms with Gasteiger partial charge in [-0.1, -0.05) is 64.8 Å². The number of allylic oxidation sites excluding steroid dienone is 3. The van der Waals surface area contributed by atoms with E-state index < -0.39 is 6.17 Å². The van der Waals surface area contributed by atoms with Crippen molar-refractivity contribution in [2.45, 2.75) is 125 Å². The van der Waals surface area contributed by atoms with Crippen LogP contribution in [0.5, 0.6) is 5.75 Å². The lowest BCUT2D eigenvalue weighted by Crippen LogP contribution is -2.34. The van der Waals surface area contributed by atoms with Gasteiger partial charge < -0.3 is 9.72 Å². The molecule has 6 rings (SSSR count). The summed E-state index contributed by atoms with van der Waals surface area (Å²) in [6.45, 7) is 19.0. The van der Waals surface area contributed by atoms with E-state index in [1.165, 1.54) is 35.3 Å². The number of imidazole rings is 1. The number of aromatic amines is 1. The van der Waals surface area contributed by atoms with Crippen molar-refractivity contribution in [1.29, 1.82) is 0 Å². The molecule has 1 aliphatic carbocycles. The highest BCUT2D eigenvalue weighted by Crippen LogP contribution is 2.47. The number of halogens is 1. The molecule has 1 N–H and O–H groups in total. The molecular formula is C43H61FN4O. The van der Waals surface area contributed by atoms with Crippen molar-refractivity contribution < 1.29 is 9.13 Å². The van der Waals surface area contributed by atoms with Gasteiger partial charge in [-0.05, 0) is 129 Å². The summed E-state index contributed by atoms with van der Waals surface area (Å²) in [5, 5.41) is 2.11. The summed E-state index contributed by atoms with van der Waals surface area (Å²) in [6.07, 6.45) is 16.6. The second-order valence-electron chi connectivity index (χ2n) is 16.3. The van der Waals surface area contributed by atoms with Crippen LogP contribution in [-0.2, 0) is 6.42 Å². The second kappa shape index (κ2) is 15.5. The molecule has 5 nitrogen and oxygen atoms in total. The SMILES string of the molecule is CC=C(C=c1[nH]c(C)nc1=CCCC)c1ccc2c(c1)CCC(CC1N=C(CN3CCC(F)C3)C(C)C(C)C3=C1CC(C)(C)CC3)CCO2. The van der Waals surface area contributed by atoms with Gasteiger partial charge in [0.15, 0.2) is 0 Å². The Hall–Kier alpha value is -2.99. The molecule has 49 heavy (non-hydrogen) atoms. The lowest BCUT2D eigenvalue weighted by Gasteiger charge is -2.38. The molecule has 1 fully saturated rings. The topological polar surface area (TPSA) is 53.5 Å². The number of aromatic nitrogens is 2. The molecule has 0 saturated carbocycles. The van der Waals surface area contributed by atoms with Crippen molar-refractivity contribution in [2.24, 2.45) is 28.2 Å². The van der Waals surface area contributed by atoms with Crippen molar-refractivity contribution in [3.05, 3.63) is 63.1 Å². The third-order valence-corrected chi connectivity index (χ3v) is 12.0. The first kappa shape index (κ1) is 35.8. The number of nitrogens with one attached hydrogen (secondary N) is 1. The predicted molar refractivity (Wildman–Crippen MR) is 203 cm³/mol. The highest BCUT2D eigenvalue weighted by atomic mass is 19.1. The number of alkyl halides is 1. The van der Waals surface area contributed by atoms with Gasteiger partial charge in [-0.15, -0.1) is 0 Å². The number of ether oxygens (including phenoxy) is 1. The molecule has 4 aliphatic rings. The van der Waals surface area contributed by atoms with E-state index in [0.717, 1.165) is 86.9 Å². The monoisotopic (exact) mass is 668 g/mol. The Bertz CT molecular complexity index is 1700. The number of H-pyrrole nitrogens is 1. The fraction of sp³-hybridized carbons (Fsp3) is 0.628. The summed E-state index contributed by atoms with van der Waals surface area (Å²) in [6, 6.07) is 6.95. The number of nitrogens with zero attached hydrogens (tertiary/aromatic N) is 3. The van der Waals surface area contributed by atoms with Crippen LogP contribution in [-0.4, -0.2) is 59.0 Å². The van der Waals surface area contributed by atoms with Crippen LogP contribution >= 0.6 is 0 Å². The van der Waals surface area contributed by atoms with Gasteiger partial charge in [-0.3, -0.25) is 9.89 Å². The molecule has 0 amide bonds. The van der Waals surface area contributed by atoms with E-state index in [4.69, 9.17) is 14.7 Å². The van der Waals surface area contributed by atoms with Gasteiger partial charge in [-0.2, -0.15) is 0 Å². The Balaban J connectivity index is 1.25. The van der Waals surface area contributed by atoms with Gasteiger partial charge in [0, 0.05) is 31.3 Å². The summed E-state index contributed by atoms with van der Waals surface area (Å²) in [4.78, 5) is 16.2. The molecule has 5 unspecified atom stereocenters. The maximum absolute atomic E-state index is 14.2. The van der Waals surface area contributed by atoms with Crippen LogP contribution < -0.4 is 15.4 Å². The number of hydrogen-bond donors (Lipinski definition) is 1. The first-order valence-electron chi connectivity index (χ1n) is 19.3. The molecule has 4 heterocycles. The molecule has 5 atom stereocenters. The van der Waals surface area contributed by atoms with E-state index in [-0.39, 0.29) is 6.04 Å². The lowest BCUT2D eigenvalue weighted by atomic mass is 9.68. The Labute approximate surface area is 294 Å². The van der Waals surface area contributed by atoms with Crippen molar-refractivity contribution in [3.63, 3.8) is 0 Å². The Morgan fingerprint density at radius 1 is 1.12 bits per heavy atom. The number of unbranched alkanes of at least 4 members (excludes halogenated alkanes) is 1. The first-order valence-corrected chi connectivity index (χ1v) is 19.3. The molecule has 2 aromatic rings. The molecule has 1 saturated heterocycles. The van der Waals surface area contributed by atoms with Crippen molar-refractivity contribution in [3.8, 4) is 5.75 Å². The van der Waals surface area contributed by atoms with E-state index in [1.54, 1.807) is 11.1 Å². The van der Waals surface area contributed by atoms with Crippen LogP contribution in [0.2, 0.25) is 0 Å². The van der Waals surface area contributed by atoms with E-state index in [1.807, 2.05) is 6.92 Å². The average Bonchev–Trinajstić information content (AvgIpc) is 3.62. The van der Waals surface area contributed by atoms with Crippen LogP contribution in [0, 0.1) is 30.1 Å². The van der Waals surface area contributed by atoms with Gasteiger partial charge >= 0.3 is 0 Å². The molecule has 0 spiro atoms. The Morgan fingerprint density at radius 3 is 2.71 bits per heavy atom. The zero-order valence-corrected chi connectivity index (χ0v) is 31.4. The predicted octanol–water partition coefficient (Wildman–Crippen LogP) is 8.55. The third kappa shape index (κ3) is 8.49. The van der Waals surface area contributed by atoms with Crippen LogP contribution in [0.1, 0.15) is 116 Å². The summed E-state index contributed by atoms with van der Waals surface area (Å²) in [5.74, 6) is 3.40. The number of hydrogen-bond acceptors (Lipinski definition) is 4. The van der Waals surface area contributed by atoms with Crippen LogP contribution in [0.3, 0.4) is 0 Å². The maximum atomic E-state index is 14.2. The molecule has 6 heteroatoms. The van der Waals surface area contributed by atoms with Gasteiger partial charge in [-0.25, -0.2) is 9.37 Å². The number of likely N-dealkylation sites (tertiary alicyclic amines) is 1. The van der Waals surface area contributed by atoms with Gasteiger partial charge in [0.2, 0.25) is 0 Å². The zero-order valence-electron chi connectivity index (χ0n) is 31.4. The van der Waals surface area contributed by atoms with Crippen LogP contribution in [0.4, 0.5) is 4.39 Å². The minimum absolute atomic E-state index is 0.219. The third-order valence-electron chi connectivity index (χ3n) is 12.0. The second-order valence-corrected chi connectivity index (χ2v) is 16.3. The standard InChI is InChI=1S/C43H61FN4O/c1-8-10-11-38-40(46-30(5)45-38)24-32(9-2)33-14-15-42-34(23-33)13-12-31(18-21-49-42)22-39-37-25-43(6,7)19-16-36(37)28(3)29(4)41(47-39)27-48-20-17-35(44)26-48/h9,11,14-15,23-24,28-29,31,35,39H,8,10,12-13,16-22,25-27H2,1-7H3,(H,45,46). The number of aliphatic imine (C=N–C) groups is 1. The van der Waals surface area contributed by atoms with Crippen LogP contribution in [0.25, 0.3) is 17.7 Å². The molecular weight excluding hydrogens is 607 g/mol. The smallest absolute Gasteiger partial charge is 0.122 e. The number of aryl methyl sites for hydroxylation is 2. The maximum Gasteiger partial charge on any atom is 0.122 e. The van der Waals surface area contributed by atoms with Gasteiger partial charge in [0.1, 0.15) is 17.7 Å². The summed E-state index contributed by atoms with van der Waals surface area (Å²) < 4.78 is 20.7. The average molecular weight is 669 g/mol. The van der Waals surface area contributed by atoms with Crippen molar-refractivity contribution in [1.82, 2.24) is 14.9 Å². The highest BCUT2D eigenvalue weighted by Gasteiger charge is 2.38. The molecule has 266 valence electrons. The van der Waals surface area contributed by atoms with E-state index in [0.29, 0.717) is 36.1 Å². The van der Waals surface area contributed by atoms with Gasteiger partial charge in [0.05, 0.1) is 23.3 Å². The highest BCUT2D eigenvalue weighted by molar-refractivity contribution is 5.90. The molecule has 3 aliphatic heterocycles. The Kier molecular flexibility index (Phi) is 11.3. The minimum Gasteiger partial charge on any atom is -0.493 e. The lowest BCUT2D eigenvalue weighted by molar-refractivity contribution is 0.243. The minimum atomic E-state index is -0.696. The van der Waals surface area contributed by atoms with Gasteiger partial charge in [0.25, 0.3) is 0 Å². The molecule has 1 aromatic heterocycles. The largest absolute Gasteiger partial charge is 0.493 e. The molecule has 0 radical (unpaired) electrons. The number of benzene rings is 1. The molecule has 1 aromatic carbocycles. The summed E-state index contributed by atoms with van der Waals surface area (Å²) >= 11 is 0.